The first kappa shape index (κ1) is 14.3. The lowest BCUT2D eigenvalue weighted by molar-refractivity contribution is -0.142. The van der Waals surface area contributed by atoms with Gasteiger partial charge in [0, 0.05) is 0 Å². The lowest BCUT2D eigenvalue weighted by atomic mass is 10.1. The van der Waals surface area contributed by atoms with Gasteiger partial charge >= 0.3 is 5.97 Å². The lowest BCUT2D eigenvalue weighted by Crippen LogP contribution is -2.12. The third-order valence-corrected chi connectivity index (χ3v) is 2.60. The highest BCUT2D eigenvalue weighted by Crippen LogP contribution is 2.25. The molecule has 1 aromatic rings. The van der Waals surface area contributed by atoms with Gasteiger partial charge in [0.1, 0.15) is 17.4 Å². The molecule has 0 bridgehead atoms. The molecule has 0 atom stereocenters. The average Bonchev–Trinajstić information content (AvgIpc) is 2.29. The summed E-state index contributed by atoms with van der Waals surface area (Å²) in [5, 5.41) is 18.3. The van der Waals surface area contributed by atoms with Gasteiger partial charge in [0.2, 0.25) is 0 Å². The largest absolute Gasteiger partial charge is 0.507 e. The van der Waals surface area contributed by atoms with E-state index in [4.69, 9.17) is 10.00 Å². The fourth-order valence-corrected chi connectivity index (χ4v) is 1.59. The molecule has 0 aliphatic carbocycles. The van der Waals surface area contributed by atoms with E-state index in [1.54, 1.807) is 32.0 Å². The number of phenolic OH excluding ortho intramolecular Hbond substituents is 1. The van der Waals surface area contributed by atoms with Crippen molar-refractivity contribution in [3.63, 3.8) is 0 Å². The standard InChI is InChI=1S/C13H12BrNO3/c1-8(2)18-13(17)10(7-15)5-9-3-4-12(16)11(14)6-9/h3-6,8,16H,1-2H3/b10-5+. The Morgan fingerprint density at radius 1 is 1.56 bits per heavy atom. The fourth-order valence-electron chi connectivity index (χ4n) is 1.19. The van der Waals surface area contributed by atoms with Crippen LogP contribution in [-0.2, 0) is 9.53 Å². The normalized spacial score (nSPS) is 11.2. The van der Waals surface area contributed by atoms with Crippen LogP contribution < -0.4 is 0 Å². The summed E-state index contributed by atoms with van der Waals surface area (Å²) in [6.07, 6.45) is 1.13. The fraction of sp³-hybridized carbons (Fsp3) is 0.231. The molecule has 0 fully saturated rings. The van der Waals surface area contributed by atoms with Gasteiger partial charge in [0.15, 0.2) is 0 Å². The molecule has 0 aliphatic heterocycles. The first-order valence-corrected chi connectivity index (χ1v) is 6.04. The number of benzene rings is 1. The number of carbonyl (C=O) groups excluding carboxylic acids is 1. The molecule has 0 heterocycles. The second-order valence-corrected chi connectivity index (χ2v) is 4.69. The molecule has 94 valence electrons. The zero-order valence-electron chi connectivity index (χ0n) is 9.98. The molecule has 0 radical (unpaired) electrons. The van der Waals surface area contributed by atoms with Crippen molar-refractivity contribution in [1.29, 1.82) is 5.26 Å². The SMILES string of the molecule is CC(C)OC(=O)/C(C#N)=C/c1ccc(O)c(Br)c1. The Morgan fingerprint density at radius 2 is 2.22 bits per heavy atom. The number of esters is 1. The van der Waals surface area contributed by atoms with Gasteiger partial charge in [-0.15, -0.1) is 0 Å². The van der Waals surface area contributed by atoms with Crippen LogP contribution in [0, 0.1) is 11.3 Å². The van der Waals surface area contributed by atoms with Crippen molar-refractivity contribution in [1.82, 2.24) is 0 Å². The zero-order valence-corrected chi connectivity index (χ0v) is 11.6. The summed E-state index contributed by atoms with van der Waals surface area (Å²) in [5.74, 6) is -0.563. The Kier molecular flexibility index (Phi) is 4.93. The van der Waals surface area contributed by atoms with Crippen molar-refractivity contribution in [3.05, 3.63) is 33.8 Å². The van der Waals surface area contributed by atoms with E-state index in [1.165, 1.54) is 12.1 Å². The average molecular weight is 310 g/mol. The first-order chi connectivity index (χ1) is 8.43. The van der Waals surface area contributed by atoms with Crippen molar-refractivity contribution in [2.24, 2.45) is 0 Å². The number of halogens is 1. The maximum atomic E-state index is 11.6. The molecular formula is C13H12BrNO3. The molecule has 0 spiro atoms. The molecule has 1 rings (SSSR count). The van der Waals surface area contributed by atoms with Crippen LogP contribution in [0.5, 0.6) is 5.75 Å². The monoisotopic (exact) mass is 309 g/mol. The second-order valence-electron chi connectivity index (χ2n) is 3.83. The summed E-state index contributed by atoms with van der Waals surface area (Å²) < 4.78 is 5.43. The van der Waals surface area contributed by atoms with Crippen molar-refractivity contribution < 1.29 is 14.6 Å². The molecule has 0 aromatic heterocycles. The molecule has 0 saturated carbocycles. The third kappa shape index (κ3) is 3.90. The molecule has 18 heavy (non-hydrogen) atoms. The summed E-state index contributed by atoms with van der Waals surface area (Å²) in [7, 11) is 0. The van der Waals surface area contributed by atoms with Crippen LogP contribution in [0.1, 0.15) is 19.4 Å². The number of rotatable bonds is 3. The van der Waals surface area contributed by atoms with Crippen LogP contribution in [0.3, 0.4) is 0 Å². The molecule has 5 heteroatoms. The van der Waals surface area contributed by atoms with Crippen LogP contribution in [0.2, 0.25) is 0 Å². The summed E-state index contributed by atoms with van der Waals surface area (Å²) in [4.78, 5) is 11.6. The molecule has 1 N–H and O–H groups in total. The first-order valence-electron chi connectivity index (χ1n) is 5.25. The Balaban J connectivity index is 3.01. The van der Waals surface area contributed by atoms with Gasteiger partial charge in [-0.25, -0.2) is 4.79 Å². The zero-order chi connectivity index (χ0) is 13.7. The number of carbonyl (C=O) groups is 1. The Labute approximate surface area is 114 Å². The van der Waals surface area contributed by atoms with Gasteiger partial charge in [0.25, 0.3) is 0 Å². The summed E-state index contributed by atoms with van der Waals surface area (Å²) in [6, 6.07) is 6.47. The van der Waals surface area contributed by atoms with E-state index >= 15 is 0 Å². The maximum Gasteiger partial charge on any atom is 0.349 e. The van der Waals surface area contributed by atoms with Crippen molar-refractivity contribution in [2.45, 2.75) is 20.0 Å². The van der Waals surface area contributed by atoms with E-state index in [-0.39, 0.29) is 17.4 Å². The minimum absolute atomic E-state index is 0.0821. The number of hydrogen-bond acceptors (Lipinski definition) is 4. The van der Waals surface area contributed by atoms with Gasteiger partial charge < -0.3 is 9.84 Å². The van der Waals surface area contributed by atoms with Crippen molar-refractivity contribution in [2.75, 3.05) is 0 Å². The predicted molar refractivity (Wildman–Crippen MR) is 70.6 cm³/mol. The minimum Gasteiger partial charge on any atom is -0.507 e. The molecule has 0 unspecified atom stereocenters. The van der Waals surface area contributed by atoms with E-state index < -0.39 is 5.97 Å². The van der Waals surface area contributed by atoms with Gasteiger partial charge in [-0.05, 0) is 53.5 Å². The maximum absolute atomic E-state index is 11.6. The van der Waals surface area contributed by atoms with Gasteiger partial charge in [-0.3, -0.25) is 0 Å². The molecule has 0 saturated heterocycles. The quantitative estimate of drug-likeness (QED) is 0.529. The Morgan fingerprint density at radius 3 is 2.72 bits per heavy atom. The molecular weight excluding hydrogens is 298 g/mol. The molecule has 0 amide bonds. The highest BCUT2D eigenvalue weighted by Gasteiger charge is 2.12. The van der Waals surface area contributed by atoms with E-state index in [1.807, 2.05) is 0 Å². The van der Waals surface area contributed by atoms with Crippen LogP contribution >= 0.6 is 15.9 Å². The van der Waals surface area contributed by atoms with Crippen LogP contribution in [0.4, 0.5) is 0 Å². The van der Waals surface area contributed by atoms with Crippen LogP contribution in [0.15, 0.2) is 28.2 Å². The summed E-state index contributed by atoms with van der Waals surface area (Å²) >= 11 is 3.16. The second kappa shape index (κ2) is 6.22. The number of hydrogen-bond donors (Lipinski definition) is 1. The molecule has 4 nitrogen and oxygen atoms in total. The van der Waals surface area contributed by atoms with E-state index in [0.717, 1.165) is 0 Å². The summed E-state index contributed by atoms with van der Waals surface area (Å²) in [6.45, 7) is 3.42. The van der Waals surface area contributed by atoms with Gasteiger partial charge in [-0.2, -0.15) is 5.26 Å². The molecule has 1 aromatic carbocycles. The highest BCUT2D eigenvalue weighted by atomic mass is 79.9. The van der Waals surface area contributed by atoms with Gasteiger partial charge in [0.05, 0.1) is 10.6 Å². The topological polar surface area (TPSA) is 70.3 Å². The number of nitrogens with zero attached hydrogens (tertiary/aromatic N) is 1. The summed E-state index contributed by atoms with van der Waals surface area (Å²) in [5.41, 5.74) is 0.540. The third-order valence-electron chi connectivity index (χ3n) is 1.97. The Hall–Kier alpha value is -1.80. The molecule has 0 aliphatic rings. The van der Waals surface area contributed by atoms with Crippen LogP contribution in [0.25, 0.3) is 6.08 Å². The van der Waals surface area contributed by atoms with Gasteiger partial charge in [-0.1, -0.05) is 6.07 Å². The van der Waals surface area contributed by atoms with E-state index in [0.29, 0.717) is 10.0 Å². The number of phenols is 1. The van der Waals surface area contributed by atoms with Crippen molar-refractivity contribution >= 4 is 28.0 Å². The van der Waals surface area contributed by atoms with Crippen LogP contribution in [-0.4, -0.2) is 17.2 Å². The predicted octanol–water partition coefficient (Wildman–Crippen LogP) is 3.01. The van der Waals surface area contributed by atoms with Crippen molar-refractivity contribution in [3.8, 4) is 11.8 Å². The lowest BCUT2D eigenvalue weighted by Gasteiger charge is -2.06. The number of nitriles is 1. The smallest absolute Gasteiger partial charge is 0.349 e. The van der Waals surface area contributed by atoms with E-state index in [2.05, 4.69) is 15.9 Å². The van der Waals surface area contributed by atoms with E-state index in [9.17, 15) is 9.90 Å². The number of ether oxygens (including phenoxy) is 1. The minimum atomic E-state index is -0.656. The highest BCUT2D eigenvalue weighted by molar-refractivity contribution is 9.10. The Bertz CT molecular complexity index is 530. The number of aromatic hydroxyl groups is 1.